The molecule has 1 aliphatic rings. The summed E-state index contributed by atoms with van der Waals surface area (Å²) < 4.78 is 13.4. The molecule has 0 aliphatic carbocycles. The van der Waals surface area contributed by atoms with Gasteiger partial charge in [0.25, 0.3) is 0 Å². The van der Waals surface area contributed by atoms with Crippen molar-refractivity contribution in [3.8, 4) is 0 Å². The fraction of sp³-hybridized carbons (Fsp3) is 0.500. The van der Waals surface area contributed by atoms with Gasteiger partial charge >= 0.3 is 6.03 Å². The molecule has 0 radical (unpaired) electrons. The number of hydrogen-bond acceptors (Lipinski definition) is 2. The average Bonchev–Trinajstić information content (AvgIpc) is 2.44. The standard InChI is InChI=1S/C14H19FN2OS/c1-10-12(15)4-3-5-13(10)16-14(18)17(2)11-6-8-19-9-7-11/h3-5,11H,6-9H2,1-2H3,(H,16,18). The lowest BCUT2D eigenvalue weighted by atomic mass is 10.1. The van der Waals surface area contributed by atoms with Crippen molar-refractivity contribution >= 4 is 23.5 Å². The number of halogens is 1. The van der Waals surface area contributed by atoms with Gasteiger partial charge in [0.1, 0.15) is 5.82 Å². The maximum Gasteiger partial charge on any atom is 0.321 e. The number of carbonyl (C=O) groups is 1. The van der Waals surface area contributed by atoms with Gasteiger partial charge in [-0.15, -0.1) is 0 Å². The third-order valence-corrected chi connectivity index (χ3v) is 4.62. The van der Waals surface area contributed by atoms with Crippen LogP contribution < -0.4 is 5.32 Å². The summed E-state index contributed by atoms with van der Waals surface area (Å²) >= 11 is 1.93. The van der Waals surface area contributed by atoms with Crippen LogP contribution in [0.1, 0.15) is 18.4 Å². The van der Waals surface area contributed by atoms with Crippen molar-refractivity contribution in [1.82, 2.24) is 4.90 Å². The number of nitrogens with zero attached hydrogens (tertiary/aromatic N) is 1. The topological polar surface area (TPSA) is 32.3 Å². The molecule has 5 heteroatoms. The third-order valence-electron chi connectivity index (χ3n) is 3.57. The molecule has 2 rings (SSSR count). The molecule has 2 amide bonds. The van der Waals surface area contributed by atoms with Crippen LogP contribution in [0.4, 0.5) is 14.9 Å². The van der Waals surface area contributed by atoms with Crippen molar-refractivity contribution in [2.75, 3.05) is 23.9 Å². The molecule has 3 nitrogen and oxygen atoms in total. The van der Waals surface area contributed by atoms with Gasteiger partial charge in [-0.25, -0.2) is 9.18 Å². The smallest absolute Gasteiger partial charge is 0.321 e. The molecule has 0 aromatic heterocycles. The normalized spacial score (nSPS) is 16.2. The lowest BCUT2D eigenvalue weighted by Crippen LogP contribution is -2.41. The predicted octanol–water partition coefficient (Wildman–Crippen LogP) is 3.49. The van der Waals surface area contributed by atoms with Gasteiger partial charge in [-0.1, -0.05) is 6.07 Å². The summed E-state index contributed by atoms with van der Waals surface area (Å²) in [4.78, 5) is 13.9. The fourth-order valence-electron chi connectivity index (χ4n) is 2.18. The predicted molar refractivity (Wildman–Crippen MR) is 78.3 cm³/mol. The maximum absolute atomic E-state index is 13.4. The molecule has 1 saturated heterocycles. The van der Waals surface area contributed by atoms with Crippen molar-refractivity contribution in [3.63, 3.8) is 0 Å². The minimum Gasteiger partial charge on any atom is -0.325 e. The van der Waals surface area contributed by atoms with E-state index in [1.165, 1.54) is 6.07 Å². The molecule has 0 spiro atoms. The summed E-state index contributed by atoms with van der Waals surface area (Å²) in [5.74, 6) is 1.90. The monoisotopic (exact) mass is 282 g/mol. The SMILES string of the molecule is Cc1c(F)cccc1NC(=O)N(C)C1CCSCC1. The second-order valence-corrected chi connectivity index (χ2v) is 6.02. The Kier molecular flexibility index (Phi) is 4.69. The van der Waals surface area contributed by atoms with Crippen LogP contribution in [0.5, 0.6) is 0 Å². The molecule has 1 fully saturated rings. The Morgan fingerprint density at radius 3 is 2.79 bits per heavy atom. The number of thioether (sulfide) groups is 1. The minimum atomic E-state index is -0.297. The summed E-state index contributed by atoms with van der Waals surface area (Å²) in [5.41, 5.74) is 1.02. The maximum atomic E-state index is 13.4. The molecule has 104 valence electrons. The van der Waals surface area contributed by atoms with Crippen molar-refractivity contribution in [1.29, 1.82) is 0 Å². The zero-order chi connectivity index (χ0) is 13.8. The number of hydrogen-bond donors (Lipinski definition) is 1. The van der Waals surface area contributed by atoms with E-state index < -0.39 is 0 Å². The Hall–Kier alpha value is -1.23. The minimum absolute atomic E-state index is 0.161. The molecule has 0 bridgehead atoms. The van der Waals surface area contributed by atoms with Crippen LogP contribution in [0.3, 0.4) is 0 Å². The lowest BCUT2D eigenvalue weighted by Gasteiger charge is -2.31. The van der Waals surface area contributed by atoms with Crippen molar-refractivity contribution in [2.24, 2.45) is 0 Å². The van der Waals surface area contributed by atoms with Crippen LogP contribution in [0.15, 0.2) is 18.2 Å². The Balaban J connectivity index is 2.01. The van der Waals surface area contributed by atoms with Gasteiger partial charge < -0.3 is 10.2 Å². The van der Waals surface area contributed by atoms with E-state index in [1.54, 1.807) is 24.0 Å². The number of nitrogens with one attached hydrogen (secondary N) is 1. The molecule has 1 aliphatic heterocycles. The first kappa shape index (κ1) is 14.2. The van der Waals surface area contributed by atoms with E-state index in [0.29, 0.717) is 11.3 Å². The Labute approximate surface area is 117 Å². The molecular formula is C14H19FN2OS. The molecule has 1 heterocycles. The first-order chi connectivity index (χ1) is 9.09. The van der Waals surface area contributed by atoms with Gasteiger partial charge in [-0.2, -0.15) is 11.8 Å². The Morgan fingerprint density at radius 2 is 2.11 bits per heavy atom. The highest BCUT2D eigenvalue weighted by molar-refractivity contribution is 7.99. The summed E-state index contributed by atoms with van der Waals surface area (Å²) in [6, 6.07) is 4.85. The van der Waals surface area contributed by atoms with E-state index in [0.717, 1.165) is 24.3 Å². The number of urea groups is 1. The largest absolute Gasteiger partial charge is 0.325 e. The summed E-state index contributed by atoms with van der Waals surface area (Å²) in [5, 5.41) is 2.79. The molecular weight excluding hydrogens is 263 g/mol. The zero-order valence-electron chi connectivity index (χ0n) is 11.3. The van der Waals surface area contributed by atoms with E-state index in [1.807, 2.05) is 18.8 Å². The Bertz CT molecular complexity index is 461. The van der Waals surface area contributed by atoms with Crippen LogP contribution in [0.25, 0.3) is 0 Å². The van der Waals surface area contributed by atoms with Gasteiger partial charge in [-0.3, -0.25) is 0 Å². The number of benzene rings is 1. The van der Waals surface area contributed by atoms with E-state index in [-0.39, 0.29) is 17.9 Å². The quantitative estimate of drug-likeness (QED) is 0.900. The summed E-state index contributed by atoms with van der Waals surface area (Å²) in [7, 11) is 1.81. The van der Waals surface area contributed by atoms with Gasteiger partial charge in [0.2, 0.25) is 0 Å². The number of rotatable bonds is 2. The highest BCUT2D eigenvalue weighted by Gasteiger charge is 2.22. The van der Waals surface area contributed by atoms with E-state index in [9.17, 15) is 9.18 Å². The first-order valence-electron chi connectivity index (χ1n) is 6.46. The molecule has 0 saturated carbocycles. The van der Waals surface area contributed by atoms with Gasteiger partial charge in [-0.05, 0) is 43.4 Å². The number of amides is 2. The van der Waals surface area contributed by atoms with Crippen LogP contribution in [-0.2, 0) is 0 Å². The van der Waals surface area contributed by atoms with Crippen LogP contribution in [-0.4, -0.2) is 35.5 Å². The van der Waals surface area contributed by atoms with Crippen molar-refractivity contribution in [3.05, 3.63) is 29.6 Å². The fourth-order valence-corrected chi connectivity index (χ4v) is 3.27. The highest BCUT2D eigenvalue weighted by Crippen LogP contribution is 2.22. The Morgan fingerprint density at radius 1 is 1.42 bits per heavy atom. The van der Waals surface area contributed by atoms with Crippen LogP contribution in [0, 0.1) is 12.7 Å². The van der Waals surface area contributed by atoms with Gasteiger partial charge in [0.05, 0.1) is 0 Å². The van der Waals surface area contributed by atoms with Crippen LogP contribution >= 0.6 is 11.8 Å². The second-order valence-electron chi connectivity index (χ2n) is 4.80. The van der Waals surface area contributed by atoms with Gasteiger partial charge in [0.15, 0.2) is 0 Å². The first-order valence-corrected chi connectivity index (χ1v) is 7.61. The summed E-state index contributed by atoms with van der Waals surface area (Å²) in [6.07, 6.45) is 2.05. The van der Waals surface area contributed by atoms with Crippen molar-refractivity contribution in [2.45, 2.75) is 25.8 Å². The van der Waals surface area contributed by atoms with Crippen LogP contribution in [0.2, 0.25) is 0 Å². The molecule has 0 atom stereocenters. The number of anilines is 1. The zero-order valence-corrected chi connectivity index (χ0v) is 12.1. The highest BCUT2D eigenvalue weighted by atomic mass is 32.2. The average molecular weight is 282 g/mol. The van der Waals surface area contributed by atoms with Gasteiger partial charge in [0, 0.05) is 24.3 Å². The molecule has 19 heavy (non-hydrogen) atoms. The number of carbonyl (C=O) groups excluding carboxylic acids is 1. The lowest BCUT2D eigenvalue weighted by molar-refractivity contribution is 0.200. The third kappa shape index (κ3) is 3.41. The molecule has 1 N–H and O–H groups in total. The molecule has 1 aromatic carbocycles. The summed E-state index contributed by atoms with van der Waals surface area (Å²) in [6.45, 7) is 1.67. The van der Waals surface area contributed by atoms with E-state index in [2.05, 4.69) is 5.32 Å². The second kappa shape index (κ2) is 6.28. The van der Waals surface area contributed by atoms with Crippen molar-refractivity contribution < 1.29 is 9.18 Å². The molecule has 1 aromatic rings. The molecule has 0 unspecified atom stereocenters. The van der Waals surface area contributed by atoms with E-state index in [4.69, 9.17) is 0 Å². The van der Waals surface area contributed by atoms with E-state index >= 15 is 0 Å².